The van der Waals surface area contributed by atoms with Crippen molar-refractivity contribution in [3.05, 3.63) is 24.2 Å². The Balaban J connectivity index is 1.92. The molecule has 16 heavy (non-hydrogen) atoms. The largest absolute Gasteiger partial charge is 0.461 e. The third-order valence-electron chi connectivity index (χ3n) is 2.81. The minimum atomic E-state index is 0.0950. The quantitative estimate of drug-likeness (QED) is 0.692. The Hall–Kier alpha value is -1.09. The zero-order valence-electron chi connectivity index (χ0n) is 9.98. The van der Waals surface area contributed by atoms with Gasteiger partial charge in [-0.05, 0) is 30.9 Å². The fourth-order valence-corrected chi connectivity index (χ4v) is 1.95. The van der Waals surface area contributed by atoms with E-state index in [0.717, 1.165) is 6.54 Å². The monoisotopic (exact) mass is 221 g/mol. The van der Waals surface area contributed by atoms with E-state index in [-0.39, 0.29) is 5.78 Å². The van der Waals surface area contributed by atoms with Crippen LogP contribution in [-0.2, 0) is 0 Å². The molecule has 0 aliphatic heterocycles. The maximum Gasteiger partial charge on any atom is 0.211 e. The number of rotatable bonds is 6. The van der Waals surface area contributed by atoms with Crippen LogP contribution in [0.4, 0.5) is 0 Å². The van der Waals surface area contributed by atoms with Gasteiger partial charge in [-0.2, -0.15) is 0 Å². The van der Waals surface area contributed by atoms with Gasteiger partial charge in [0.05, 0.1) is 12.8 Å². The van der Waals surface area contributed by atoms with Crippen molar-refractivity contribution in [2.24, 2.45) is 5.92 Å². The van der Waals surface area contributed by atoms with Crippen LogP contribution in [0.25, 0.3) is 0 Å². The summed E-state index contributed by atoms with van der Waals surface area (Å²) in [4.78, 5) is 14.2. The molecule has 1 aliphatic rings. The van der Waals surface area contributed by atoms with Gasteiger partial charge in [0.15, 0.2) is 5.76 Å². The van der Waals surface area contributed by atoms with Gasteiger partial charge < -0.3 is 4.42 Å². The SMILES string of the molecule is CC(C)CN(CC(=O)c1ccco1)C1CC1. The van der Waals surface area contributed by atoms with Crippen LogP contribution in [0.15, 0.2) is 22.8 Å². The zero-order chi connectivity index (χ0) is 11.5. The van der Waals surface area contributed by atoms with Crippen molar-refractivity contribution in [3.63, 3.8) is 0 Å². The Kier molecular flexibility index (Phi) is 3.44. The van der Waals surface area contributed by atoms with Crippen LogP contribution in [0.5, 0.6) is 0 Å². The fourth-order valence-electron chi connectivity index (χ4n) is 1.95. The van der Waals surface area contributed by atoms with Gasteiger partial charge >= 0.3 is 0 Å². The van der Waals surface area contributed by atoms with E-state index in [0.29, 0.717) is 24.3 Å². The van der Waals surface area contributed by atoms with Gasteiger partial charge in [0, 0.05) is 12.6 Å². The molecule has 0 radical (unpaired) electrons. The van der Waals surface area contributed by atoms with Gasteiger partial charge in [-0.3, -0.25) is 9.69 Å². The third-order valence-corrected chi connectivity index (χ3v) is 2.81. The van der Waals surface area contributed by atoms with E-state index in [1.54, 1.807) is 18.4 Å². The first-order chi connectivity index (χ1) is 7.66. The summed E-state index contributed by atoms with van der Waals surface area (Å²) in [5, 5.41) is 0. The maximum atomic E-state index is 11.9. The zero-order valence-corrected chi connectivity index (χ0v) is 9.98. The molecular formula is C13H19NO2. The molecule has 3 heteroatoms. The standard InChI is InChI=1S/C13H19NO2/c1-10(2)8-14(11-5-6-11)9-12(15)13-4-3-7-16-13/h3-4,7,10-11H,5-6,8-9H2,1-2H3. The van der Waals surface area contributed by atoms with Gasteiger partial charge in [0.2, 0.25) is 5.78 Å². The third kappa shape index (κ3) is 2.95. The van der Waals surface area contributed by atoms with Crippen molar-refractivity contribution in [1.82, 2.24) is 4.90 Å². The fraction of sp³-hybridized carbons (Fsp3) is 0.615. The van der Waals surface area contributed by atoms with Crippen molar-refractivity contribution in [3.8, 4) is 0 Å². The van der Waals surface area contributed by atoms with Crippen molar-refractivity contribution >= 4 is 5.78 Å². The average molecular weight is 221 g/mol. The molecule has 0 atom stereocenters. The molecule has 1 aromatic heterocycles. The van der Waals surface area contributed by atoms with Crippen LogP contribution in [-0.4, -0.2) is 29.8 Å². The summed E-state index contributed by atoms with van der Waals surface area (Å²) in [6, 6.07) is 4.13. The van der Waals surface area contributed by atoms with Crippen LogP contribution in [0.2, 0.25) is 0 Å². The van der Waals surface area contributed by atoms with Crippen LogP contribution in [0, 0.1) is 5.92 Å². The van der Waals surface area contributed by atoms with E-state index < -0.39 is 0 Å². The Morgan fingerprint density at radius 2 is 2.31 bits per heavy atom. The lowest BCUT2D eigenvalue weighted by atomic mass is 10.2. The number of Topliss-reactive ketones (excluding diaryl/α,β-unsaturated/α-hetero) is 1. The van der Waals surface area contributed by atoms with Crippen LogP contribution in [0.3, 0.4) is 0 Å². The van der Waals surface area contributed by atoms with Crippen molar-refractivity contribution in [1.29, 1.82) is 0 Å². The van der Waals surface area contributed by atoms with Crippen molar-refractivity contribution in [2.75, 3.05) is 13.1 Å². The van der Waals surface area contributed by atoms with Gasteiger partial charge in [-0.1, -0.05) is 13.8 Å². The van der Waals surface area contributed by atoms with E-state index in [2.05, 4.69) is 18.7 Å². The molecule has 1 aromatic rings. The first-order valence-corrected chi connectivity index (χ1v) is 5.97. The molecule has 1 fully saturated rings. The Labute approximate surface area is 96.4 Å². The summed E-state index contributed by atoms with van der Waals surface area (Å²) < 4.78 is 5.13. The summed E-state index contributed by atoms with van der Waals surface area (Å²) >= 11 is 0. The maximum absolute atomic E-state index is 11.9. The molecule has 3 nitrogen and oxygen atoms in total. The van der Waals surface area contributed by atoms with E-state index in [1.165, 1.54) is 12.8 Å². The number of carbonyl (C=O) groups is 1. The Morgan fingerprint density at radius 3 is 2.81 bits per heavy atom. The number of hydrogen-bond donors (Lipinski definition) is 0. The molecule has 0 amide bonds. The first kappa shape index (κ1) is 11.4. The minimum absolute atomic E-state index is 0.0950. The average Bonchev–Trinajstić information content (AvgIpc) is 2.91. The highest BCUT2D eigenvalue weighted by atomic mass is 16.3. The molecule has 0 spiro atoms. The Bertz CT molecular complexity index is 339. The molecule has 0 N–H and O–H groups in total. The predicted molar refractivity (Wildman–Crippen MR) is 62.5 cm³/mol. The summed E-state index contributed by atoms with van der Waals surface area (Å²) in [6.45, 7) is 5.87. The lowest BCUT2D eigenvalue weighted by molar-refractivity contribution is 0.0888. The van der Waals surface area contributed by atoms with E-state index in [1.807, 2.05) is 0 Å². The molecule has 1 heterocycles. The normalized spacial score (nSPS) is 16.0. The van der Waals surface area contributed by atoms with E-state index in [9.17, 15) is 4.79 Å². The predicted octanol–water partition coefficient (Wildman–Crippen LogP) is 2.58. The summed E-state index contributed by atoms with van der Waals surface area (Å²) in [5.74, 6) is 1.18. The minimum Gasteiger partial charge on any atom is -0.461 e. The van der Waals surface area contributed by atoms with Crippen molar-refractivity contribution < 1.29 is 9.21 Å². The van der Waals surface area contributed by atoms with Gasteiger partial charge in [0.1, 0.15) is 0 Å². The number of ketones is 1. The Morgan fingerprint density at radius 1 is 1.56 bits per heavy atom. The number of hydrogen-bond acceptors (Lipinski definition) is 3. The lowest BCUT2D eigenvalue weighted by Gasteiger charge is -2.22. The first-order valence-electron chi connectivity index (χ1n) is 5.97. The highest BCUT2D eigenvalue weighted by molar-refractivity contribution is 5.95. The van der Waals surface area contributed by atoms with Gasteiger partial charge in [-0.25, -0.2) is 0 Å². The van der Waals surface area contributed by atoms with Crippen molar-refractivity contribution in [2.45, 2.75) is 32.7 Å². The summed E-state index contributed by atoms with van der Waals surface area (Å²) in [6.07, 6.45) is 4.02. The second-order valence-corrected chi connectivity index (χ2v) is 4.95. The molecular weight excluding hydrogens is 202 g/mol. The lowest BCUT2D eigenvalue weighted by Crippen LogP contribution is -2.34. The van der Waals surface area contributed by atoms with E-state index in [4.69, 9.17) is 4.42 Å². The topological polar surface area (TPSA) is 33.5 Å². The summed E-state index contributed by atoms with van der Waals surface area (Å²) in [7, 11) is 0. The smallest absolute Gasteiger partial charge is 0.211 e. The van der Waals surface area contributed by atoms with Gasteiger partial charge in [0.25, 0.3) is 0 Å². The highest BCUT2D eigenvalue weighted by Gasteiger charge is 2.31. The van der Waals surface area contributed by atoms with Crippen LogP contribution >= 0.6 is 0 Å². The highest BCUT2D eigenvalue weighted by Crippen LogP contribution is 2.27. The molecule has 88 valence electrons. The molecule has 1 saturated carbocycles. The molecule has 2 rings (SSSR count). The second kappa shape index (κ2) is 4.83. The number of nitrogens with zero attached hydrogens (tertiary/aromatic N) is 1. The molecule has 0 bridgehead atoms. The van der Waals surface area contributed by atoms with Gasteiger partial charge in [-0.15, -0.1) is 0 Å². The number of furan rings is 1. The van der Waals surface area contributed by atoms with Crippen LogP contribution < -0.4 is 0 Å². The van der Waals surface area contributed by atoms with Crippen LogP contribution in [0.1, 0.15) is 37.2 Å². The second-order valence-electron chi connectivity index (χ2n) is 4.95. The molecule has 0 unspecified atom stereocenters. The molecule has 0 aromatic carbocycles. The number of carbonyl (C=O) groups excluding carboxylic acids is 1. The molecule has 1 aliphatic carbocycles. The van der Waals surface area contributed by atoms with E-state index >= 15 is 0 Å². The summed E-state index contributed by atoms with van der Waals surface area (Å²) in [5.41, 5.74) is 0. The molecule has 0 saturated heterocycles.